The minimum atomic E-state index is -0.593. The lowest BCUT2D eigenvalue weighted by atomic mass is 10.0. The van der Waals surface area contributed by atoms with E-state index in [2.05, 4.69) is 13.8 Å². The molecular weight excluding hydrogens is 176 g/mol. The molecule has 0 aliphatic heterocycles. The summed E-state index contributed by atoms with van der Waals surface area (Å²) < 4.78 is 0. The van der Waals surface area contributed by atoms with Crippen LogP contribution in [0.15, 0.2) is 12.2 Å². The first-order chi connectivity index (χ1) is 6.56. The van der Waals surface area contributed by atoms with Gasteiger partial charge in [-0.15, -0.1) is 0 Å². The van der Waals surface area contributed by atoms with Gasteiger partial charge in [0.25, 0.3) is 0 Å². The lowest BCUT2D eigenvalue weighted by molar-refractivity contribution is -0.118. The summed E-state index contributed by atoms with van der Waals surface area (Å²) in [6.45, 7) is 5.90. The van der Waals surface area contributed by atoms with Crippen molar-refractivity contribution < 1.29 is 9.90 Å². The first kappa shape index (κ1) is 13.4. The van der Waals surface area contributed by atoms with Gasteiger partial charge in [-0.2, -0.15) is 0 Å². The van der Waals surface area contributed by atoms with Crippen molar-refractivity contribution in [3.05, 3.63) is 12.2 Å². The number of rotatable bonds is 7. The van der Waals surface area contributed by atoms with E-state index in [-0.39, 0.29) is 12.2 Å². The van der Waals surface area contributed by atoms with Gasteiger partial charge in [0.1, 0.15) is 5.78 Å². The second kappa shape index (κ2) is 7.74. The van der Waals surface area contributed by atoms with Crippen LogP contribution >= 0.6 is 0 Å². The van der Waals surface area contributed by atoms with Gasteiger partial charge in [0, 0.05) is 6.42 Å². The number of hydrogen-bond donors (Lipinski definition) is 1. The van der Waals surface area contributed by atoms with Crippen LogP contribution in [0.4, 0.5) is 0 Å². The summed E-state index contributed by atoms with van der Waals surface area (Å²) in [5, 5.41) is 9.33. The lowest BCUT2D eigenvalue weighted by Gasteiger charge is -2.05. The molecule has 0 aliphatic carbocycles. The maximum atomic E-state index is 10.6. The van der Waals surface area contributed by atoms with Gasteiger partial charge in [0.05, 0.1) is 6.10 Å². The average Bonchev–Trinajstić information content (AvgIpc) is 2.10. The predicted octanol–water partition coefficient (Wildman–Crippen LogP) is 2.71. The van der Waals surface area contributed by atoms with Crippen LogP contribution in [0, 0.1) is 5.92 Å². The third-order valence-electron chi connectivity index (χ3n) is 2.38. The molecule has 0 aromatic heterocycles. The molecule has 2 nitrogen and oxygen atoms in total. The molecule has 0 aliphatic rings. The van der Waals surface area contributed by atoms with Crippen LogP contribution in [-0.2, 0) is 4.79 Å². The molecule has 2 unspecified atom stereocenters. The molecule has 1 N–H and O–H groups in total. The maximum absolute atomic E-state index is 10.6. The Morgan fingerprint density at radius 3 is 2.64 bits per heavy atom. The fourth-order valence-electron chi connectivity index (χ4n) is 1.20. The number of carbonyl (C=O) groups excluding carboxylic acids is 1. The fraction of sp³-hybridized carbons (Fsp3) is 0.750. The van der Waals surface area contributed by atoms with Crippen molar-refractivity contribution in [2.45, 2.75) is 52.6 Å². The Bertz CT molecular complexity index is 185. The fourth-order valence-corrected chi connectivity index (χ4v) is 1.20. The normalized spacial score (nSPS) is 15.7. The van der Waals surface area contributed by atoms with Gasteiger partial charge in [0.2, 0.25) is 0 Å². The Morgan fingerprint density at radius 2 is 2.14 bits per heavy atom. The molecule has 0 radical (unpaired) electrons. The van der Waals surface area contributed by atoms with Crippen molar-refractivity contribution in [2.75, 3.05) is 0 Å². The van der Waals surface area contributed by atoms with Crippen LogP contribution in [0.2, 0.25) is 0 Å². The average molecular weight is 198 g/mol. The van der Waals surface area contributed by atoms with E-state index in [1.165, 1.54) is 13.3 Å². The highest BCUT2D eigenvalue weighted by atomic mass is 16.3. The minimum Gasteiger partial charge on any atom is -0.389 e. The summed E-state index contributed by atoms with van der Waals surface area (Å²) in [6, 6.07) is 0. The first-order valence-corrected chi connectivity index (χ1v) is 5.40. The number of allylic oxidation sites excluding steroid dienone is 1. The van der Waals surface area contributed by atoms with E-state index in [1.807, 2.05) is 6.08 Å². The maximum Gasteiger partial charge on any atom is 0.132 e. The Kier molecular flexibility index (Phi) is 7.40. The third kappa shape index (κ3) is 7.99. The summed E-state index contributed by atoms with van der Waals surface area (Å²) in [7, 11) is 0. The second-order valence-electron chi connectivity index (χ2n) is 3.99. The van der Waals surface area contributed by atoms with Crippen LogP contribution in [0.1, 0.15) is 46.5 Å². The summed E-state index contributed by atoms with van der Waals surface area (Å²) in [6.07, 6.45) is 6.68. The molecule has 0 fully saturated rings. The Balaban J connectivity index is 3.56. The summed E-state index contributed by atoms with van der Waals surface area (Å²) in [5.74, 6) is 0.772. The predicted molar refractivity (Wildman–Crippen MR) is 59.1 cm³/mol. The number of Topliss-reactive ketones (excluding diaryl/α,β-unsaturated/α-hetero) is 1. The van der Waals surface area contributed by atoms with Crippen molar-refractivity contribution in [1.29, 1.82) is 0 Å². The highest BCUT2D eigenvalue weighted by Crippen LogP contribution is 2.09. The number of carbonyl (C=O) groups is 1. The standard InChI is InChI=1S/C12H22O2/c1-4-10(2)7-5-6-8-12(14)9-11(3)13/h6,8,10,12,14H,4-5,7,9H2,1-3H3. The summed E-state index contributed by atoms with van der Waals surface area (Å²) in [4.78, 5) is 10.6. The molecule has 0 aromatic rings. The Labute approximate surface area is 87.0 Å². The van der Waals surface area contributed by atoms with Crippen LogP contribution in [0.3, 0.4) is 0 Å². The van der Waals surface area contributed by atoms with Gasteiger partial charge in [0.15, 0.2) is 0 Å². The monoisotopic (exact) mass is 198 g/mol. The molecule has 0 saturated carbocycles. The second-order valence-corrected chi connectivity index (χ2v) is 3.99. The molecule has 0 amide bonds. The van der Waals surface area contributed by atoms with E-state index < -0.39 is 6.10 Å². The molecule has 0 aromatic carbocycles. The quantitative estimate of drug-likeness (QED) is 0.639. The lowest BCUT2D eigenvalue weighted by Crippen LogP contribution is -2.07. The molecule has 0 rings (SSSR count). The minimum absolute atomic E-state index is 0.0316. The topological polar surface area (TPSA) is 37.3 Å². The largest absolute Gasteiger partial charge is 0.389 e. The van der Waals surface area contributed by atoms with Crippen molar-refractivity contribution in [1.82, 2.24) is 0 Å². The third-order valence-corrected chi connectivity index (χ3v) is 2.38. The molecule has 82 valence electrons. The van der Waals surface area contributed by atoms with Crippen LogP contribution in [0.25, 0.3) is 0 Å². The molecule has 14 heavy (non-hydrogen) atoms. The van der Waals surface area contributed by atoms with E-state index in [0.717, 1.165) is 18.8 Å². The molecule has 0 spiro atoms. The van der Waals surface area contributed by atoms with Gasteiger partial charge >= 0.3 is 0 Å². The molecule has 2 heteroatoms. The van der Waals surface area contributed by atoms with E-state index in [9.17, 15) is 9.90 Å². The van der Waals surface area contributed by atoms with Crippen molar-refractivity contribution >= 4 is 5.78 Å². The SMILES string of the molecule is CCC(C)CCC=CC(O)CC(C)=O. The zero-order valence-corrected chi connectivity index (χ0v) is 9.49. The van der Waals surface area contributed by atoms with Crippen LogP contribution < -0.4 is 0 Å². The van der Waals surface area contributed by atoms with Gasteiger partial charge in [-0.1, -0.05) is 32.4 Å². The smallest absolute Gasteiger partial charge is 0.132 e. The van der Waals surface area contributed by atoms with E-state index in [4.69, 9.17) is 0 Å². The number of aliphatic hydroxyl groups excluding tert-OH is 1. The number of hydrogen-bond acceptors (Lipinski definition) is 2. The van der Waals surface area contributed by atoms with Gasteiger partial charge in [-0.25, -0.2) is 0 Å². The van der Waals surface area contributed by atoms with E-state index >= 15 is 0 Å². The molecule has 2 atom stereocenters. The van der Waals surface area contributed by atoms with Crippen LogP contribution in [-0.4, -0.2) is 17.0 Å². The molecular formula is C12H22O2. The highest BCUT2D eigenvalue weighted by Gasteiger charge is 2.02. The molecule has 0 saturated heterocycles. The molecule has 0 bridgehead atoms. The molecule has 0 heterocycles. The van der Waals surface area contributed by atoms with Gasteiger partial charge < -0.3 is 5.11 Å². The van der Waals surface area contributed by atoms with Gasteiger partial charge in [-0.05, 0) is 25.7 Å². The van der Waals surface area contributed by atoms with Crippen molar-refractivity contribution in [3.63, 3.8) is 0 Å². The Hall–Kier alpha value is -0.630. The zero-order chi connectivity index (χ0) is 11.0. The van der Waals surface area contributed by atoms with Gasteiger partial charge in [-0.3, -0.25) is 4.79 Å². The van der Waals surface area contributed by atoms with Crippen LogP contribution in [0.5, 0.6) is 0 Å². The summed E-state index contributed by atoms with van der Waals surface area (Å²) in [5.41, 5.74) is 0. The van der Waals surface area contributed by atoms with Crippen molar-refractivity contribution in [3.8, 4) is 0 Å². The number of ketones is 1. The van der Waals surface area contributed by atoms with E-state index in [1.54, 1.807) is 6.08 Å². The zero-order valence-electron chi connectivity index (χ0n) is 9.49. The first-order valence-electron chi connectivity index (χ1n) is 5.40. The highest BCUT2D eigenvalue weighted by molar-refractivity contribution is 5.76. The summed E-state index contributed by atoms with van der Waals surface area (Å²) >= 11 is 0. The van der Waals surface area contributed by atoms with Crippen molar-refractivity contribution in [2.24, 2.45) is 5.92 Å². The van der Waals surface area contributed by atoms with E-state index in [0.29, 0.717) is 0 Å². The number of aliphatic hydroxyl groups is 1. The Morgan fingerprint density at radius 1 is 1.50 bits per heavy atom.